The van der Waals surface area contributed by atoms with Crippen LogP contribution in [0.4, 0.5) is 0 Å². The molecule has 0 spiro atoms. The van der Waals surface area contributed by atoms with E-state index < -0.39 is 0 Å². The summed E-state index contributed by atoms with van der Waals surface area (Å²) in [6.07, 6.45) is 1.06. The first-order valence-electron chi connectivity index (χ1n) is 5.59. The summed E-state index contributed by atoms with van der Waals surface area (Å²) in [5, 5.41) is 13.6. The number of ether oxygens (including phenoxy) is 1. The molecule has 0 aromatic rings. The summed E-state index contributed by atoms with van der Waals surface area (Å²) in [5.41, 5.74) is 0. The standard InChI is InChI=1S/C11H21N3O2/c1-10(2)3-7-16-8-6-13-9-11(15)14-5-4-12/h10,13H,3,5-9H2,1-2H3,(H,14,15). The molecule has 0 aliphatic rings. The number of rotatable bonds is 9. The summed E-state index contributed by atoms with van der Waals surface area (Å²) in [4.78, 5) is 11.0. The topological polar surface area (TPSA) is 74.2 Å². The minimum Gasteiger partial charge on any atom is -0.380 e. The molecule has 0 fully saturated rings. The molecule has 0 saturated heterocycles. The lowest BCUT2D eigenvalue weighted by Gasteiger charge is -2.07. The second kappa shape index (κ2) is 10.4. The zero-order valence-corrected chi connectivity index (χ0v) is 10.1. The Morgan fingerprint density at radius 3 is 2.81 bits per heavy atom. The van der Waals surface area contributed by atoms with Gasteiger partial charge < -0.3 is 15.4 Å². The number of nitrogens with one attached hydrogen (secondary N) is 2. The van der Waals surface area contributed by atoms with Gasteiger partial charge in [0, 0.05) is 13.2 Å². The monoisotopic (exact) mass is 227 g/mol. The predicted molar refractivity (Wildman–Crippen MR) is 61.8 cm³/mol. The van der Waals surface area contributed by atoms with Crippen LogP contribution in [0.2, 0.25) is 0 Å². The normalized spacial score (nSPS) is 10.1. The first-order chi connectivity index (χ1) is 7.66. The predicted octanol–water partition coefficient (Wildman–Crippen LogP) is 0.278. The minimum absolute atomic E-state index is 0.0609. The molecule has 1 amide bonds. The number of carbonyl (C=O) groups is 1. The van der Waals surface area contributed by atoms with Gasteiger partial charge in [-0.05, 0) is 12.3 Å². The van der Waals surface area contributed by atoms with E-state index in [-0.39, 0.29) is 19.0 Å². The minimum atomic E-state index is -0.163. The van der Waals surface area contributed by atoms with Crippen LogP contribution in [0, 0.1) is 17.2 Å². The maximum Gasteiger partial charge on any atom is 0.234 e. The van der Waals surface area contributed by atoms with Crippen LogP contribution in [-0.4, -0.2) is 38.8 Å². The smallest absolute Gasteiger partial charge is 0.234 e. The fraction of sp³-hybridized carbons (Fsp3) is 0.818. The van der Waals surface area contributed by atoms with E-state index in [1.165, 1.54) is 0 Å². The van der Waals surface area contributed by atoms with Gasteiger partial charge in [-0.3, -0.25) is 4.79 Å². The van der Waals surface area contributed by atoms with Crippen molar-refractivity contribution in [2.45, 2.75) is 20.3 Å². The fourth-order valence-electron chi connectivity index (χ4n) is 0.968. The lowest BCUT2D eigenvalue weighted by Crippen LogP contribution is -2.35. The summed E-state index contributed by atoms with van der Waals surface area (Å²) in [7, 11) is 0. The molecule has 0 atom stereocenters. The molecule has 92 valence electrons. The molecule has 0 heterocycles. The largest absolute Gasteiger partial charge is 0.380 e. The Kier molecular flexibility index (Phi) is 9.67. The van der Waals surface area contributed by atoms with Crippen LogP contribution in [0.5, 0.6) is 0 Å². The highest BCUT2D eigenvalue weighted by Gasteiger charge is 1.98. The average Bonchev–Trinajstić information content (AvgIpc) is 2.24. The third-order valence-electron chi connectivity index (χ3n) is 1.91. The molecule has 16 heavy (non-hydrogen) atoms. The molecule has 0 rings (SSSR count). The summed E-state index contributed by atoms with van der Waals surface area (Å²) < 4.78 is 5.36. The van der Waals surface area contributed by atoms with Gasteiger partial charge in [0.1, 0.15) is 6.54 Å². The molecule has 5 heteroatoms. The van der Waals surface area contributed by atoms with E-state index in [1.54, 1.807) is 0 Å². The Hall–Kier alpha value is -1.12. The van der Waals surface area contributed by atoms with E-state index in [4.69, 9.17) is 10.00 Å². The highest BCUT2D eigenvalue weighted by molar-refractivity contribution is 5.78. The van der Waals surface area contributed by atoms with Gasteiger partial charge in [-0.2, -0.15) is 5.26 Å². The number of hydrogen-bond donors (Lipinski definition) is 2. The Bertz CT molecular complexity index is 224. The van der Waals surface area contributed by atoms with Gasteiger partial charge in [-0.1, -0.05) is 13.8 Å². The van der Waals surface area contributed by atoms with Gasteiger partial charge >= 0.3 is 0 Å². The Balaban J connectivity index is 3.15. The van der Waals surface area contributed by atoms with E-state index in [9.17, 15) is 4.79 Å². The molecule has 0 aliphatic heterocycles. The van der Waals surface area contributed by atoms with Crippen LogP contribution >= 0.6 is 0 Å². The maximum absolute atomic E-state index is 11.0. The highest BCUT2D eigenvalue weighted by Crippen LogP contribution is 1.97. The number of hydrogen-bond acceptors (Lipinski definition) is 4. The van der Waals surface area contributed by atoms with Crippen LogP contribution in [-0.2, 0) is 9.53 Å². The van der Waals surface area contributed by atoms with Crippen molar-refractivity contribution >= 4 is 5.91 Å². The second-order valence-electron chi connectivity index (χ2n) is 3.91. The van der Waals surface area contributed by atoms with E-state index in [2.05, 4.69) is 24.5 Å². The molecular weight excluding hydrogens is 206 g/mol. The number of amides is 1. The molecule has 0 aliphatic carbocycles. The molecule has 0 saturated carbocycles. The second-order valence-corrected chi connectivity index (χ2v) is 3.91. The molecule has 0 aromatic carbocycles. The van der Waals surface area contributed by atoms with Crippen LogP contribution in [0.1, 0.15) is 20.3 Å². The highest BCUT2D eigenvalue weighted by atomic mass is 16.5. The van der Waals surface area contributed by atoms with Crippen molar-refractivity contribution in [2.75, 3.05) is 32.8 Å². The molecule has 0 aromatic heterocycles. The summed E-state index contributed by atoms with van der Waals surface area (Å²) in [6.45, 7) is 6.62. The van der Waals surface area contributed by atoms with E-state index in [0.717, 1.165) is 13.0 Å². The number of nitrogens with zero attached hydrogens (tertiary/aromatic N) is 1. The quantitative estimate of drug-likeness (QED) is 0.438. The summed E-state index contributed by atoms with van der Waals surface area (Å²) in [6, 6.07) is 1.84. The van der Waals surface area contributed by atoms with Gasteiger partial charge in [-0.15, -0.1) is 0 Å². The molecule has 2 N–H and O–H groups in total. The summed E-state index contributed by atoms with van der Waals surface area (Å²) >= 11 is 0. The van der Waals surface area contributed by atoms with Crippen molar-refractivity contribution in [3.8, 4) is 6.07 Å². The van der Waals surface area contributed by atoms with E-state index >= 15 is 0 Å². The van der Waals surface area contributed by atoms with Crippen LogP contribution < -0.4 is 10.6 Å². The number of nitriles is 1. The Morgan fingerprint density at radius 2 is 2.19 bits per heavy atom. The van der Waals surface area contributed by atoms with Crippen molar-refractivity contribution < 1.29 is 9.53 Å². The van der Waals surface area contributed by atoms with Crippen molar-refractivity contribution in [3.05, 3.63) is 0 Å². The van der Waals surface area contributed by atoms with Crippen molar-refractivity contribution in [2.24, 2.45) is 5.92 Å². The average molecular weight is 227 g/mol. The third-order valence-corrected chi connectivity index (χ3v) is 1.91. The molecule has 5 nitrogen and oxygen atoms in total. The molecule has 0 unspecified atom stereocenters. The van der Waals surface area contributed by atoms with Gasteiger partial charge in [0.15, 0.2) is 0 Å². The van der Waals surface area contributed by atoms with Gasteiger partial charge in [-0.25, -0.2) is 0 Å². The SMILES string of the molecule is CC(C)CCOCCNCC(=O)NCC#N. The van der Waals surface area contributed by atoms with Crippen molar-refractivity contribution in [1.29, 1.82) is 5.26 Å². The Labute approximate surface area is 97.2 Å². The third kappa shape index (κ3) is 11.0. The first-order valence-corrected chi connectivity index (χ1v) is 5.59. The molecular formula is C11H21N3O2. The lowest BCUT2D eigenvalue weighted by molar-refractivity contribution is -0.120. The summed E-state index contributed by atoms with van der Waals surface area (Å²) in [5.74, 6) is 0.494. The maximum atomic E-state index is 11.0. The van der Waals surface area contributed by atoms with Crippen LogP contribution in [0.3, 0.4) is 0 Å². The van der Waals surface area contributed by atoms with Gasteiger partial charge in [0.2, 0.25) is 5.91 Å². The fourth-order valence-corrected chi connectivity index (χ4v) is 0.968. The van der Waals surface area contributed by atoms with Gasteiger partial charge in [0.25, 0.3) is 0 Å². The van der Waals surface area contributed by atoms with Gasteiger partial charge in [0.05, 0.1) is 19.2 Å². The van der Waals surface area contributed by atoms with Crippen LogP contribution in [0.15, 0.2) is 0 Å². The zero-order chi connectivity index (χ0) is 12.2. The lowest BCUT2D eigenvalue weighted by atomic mass is 10.1. The molecule has 0 radical (unpaired) electrons. The van der Waals surface area contributed by atoms with Crippen LogP contribution in [0.25, 0.3) is 0 Å². The van der Waals surface area contributed by atoms with Crippen molar-refractivity contribution in [1.82, 2.24) is 10.6 Å². The van der Waals surface area contributed by atoms with Crippen molar-refractivity contribution in [3.63, 3.8) is 0 Å². The molecule has 0 bridgehead atoms. The van der Waals surface area contributed by atoms with E-state index in [0.29, 0.717) is 19.1 Å². The first kappa shape index (κ1) is 14.9. The zero-order valence-electron chi connectivity index (χ0n) is 10.1. The number of carbonyl (C=O) groups excluding carboxylic acids is 1. The van der Waals surface area contributed by atoms with E-state index in [1.807, 2.05) is 6.07 Å². The Morgan fingerprint density at radius 1 is 1.44 bits per heavy atom.